The maximum atomic E-state index is 13.6. The fourth-order valence-corrected chi connectivity index (χ4v) is 2.23. The molecule has 1 atom stereocenters. The first-order valence-electron chi connectivity index (χ1n) is 6.83. The third kappa shape index (κ3) is 4.02. The van der Waals surface area contributed by atoms with Crippen molar-refractivity contribution in [2.75, 3.05) is 32.8 Å². The van der Waals surface area contributed by atoms with E-state index in [-0.39, 0.29) is 11.7 Å². The van der Waals surface area contributed by atoms with Crippen molar-refractivity contribution in [2.24, 2.45) is 0 Å². The molecule has 1 fully saturated rings. The minimum atomic E-state index is -0.605. The Morgan fingerprint density at radius 1 is 1.45 bits per heavy atom. The molecule has 0 amide bonds. The van der Waals surface area contributed by atoms with Crippen LogP contribution in [0, 0.1) is 12.7 Å². The van der Waals surface area contributed by atoms with Crippen molar-refractivity contribution in [3.05, 3.63) is 35.1 Å². The van der Waals surface area contributed by atoms with E-state index in [1.165, 1.54) is 12.1 Å². The number of benzene rings is 1. The highest BCUT2D eigenvalue weighted by Crippen LogP contribution is 2.13. The SMILES string of the molecule is Cc1ccc(F)c(C(=O)O[C@H](C)CN2CCOCC2)c1. The molecule has 4 nitrogen and oxygen atoms in total. The summed E-state index contributed by atoms with van der Waals surface area (Å²) >= 11 is 0. The first-order valence-corrected chi connectivity index (χ1v) is 6.83. The summed E-state index contributed by atoms with van der Waals surface area (Å²) in [5.41, 5.74) is 0.831. The number of ether oxygens (including phenoxy) is 2. The number of hydrogen-bond donors (Lipinski definition) is 0. The zero-order chi connectivity index (χ0) is 14.5. The molecular weight excluding hydrogens is 261 g/mol. The Morgan fingerprint density at radius 2 is 2.15 bits per heavy atom. The van der Waals surface area contributed by atoms with Crippen molar-refractivity contribution < 1.29 is 18.7 Å². The quantitative estimate of drug-likeness (QED) is 0.791. The molecule has 1 aromatic rings. The standard InChI is InChI=1S/C15H20FNO3/c1-11-3-4-14(16)13(9-11)15(18)20-12(2)10-17-5-7-19-8-6-17/h3-4,9,12H,5-8,10H2,1-2H3/t12-/m1/s1. The van der Waals surface area contributed by atoms with Gasteiger partial charge >= 0.3 is 5.97 Å². The average Bonchev–Trinajstić information content (AvgIpc) is 2.42. The normalized spacial score (nSPS) is 17.8. The molecule has 0 unspecified atom stereocenters. The van der Waals surface area contributed by atoms with Gasteiger partial charge in [-0.1, -0.05) is 11.6 Å². The lowest BCUT2D eigenvalue weighted by molar-refractivity contribution is 0.000207. The molecule has 0 bridgehead atoms. The Kier molecular flexibility index (Phi) is 5.09. The van der Waals surface area contributed by atoms with Crippen molar-refractivity contribution in [1.82, 2.24) is 4.90 Å². The number of hydrogen-bond acceptors (Lipinski definition) is 4. The molecule has 1 aliphatic rings. The second-order valence-corrected chi connectivity index (χ2v) is 5.11. The number of morpholine rings is 1. The molecule has 0 radical (unpaired) electrons. The summed E-state index contributed by atoms with van der Waals surface area (Å²) in [7, 11) is 0. The monoisotopic (exact) mass is 281 g/mol. The van der Waals surface area contributed by atoms with Crippen LogP contribution in [0.5, 0.6) is 0 Å². The molecule has 0 spiro atoms. The molecule has 110 valence electrons. The molecule has 5 heteroatoms. The van der Waals surface area contributed by atoms with Crippen molar-refractivity contribution in [3.63, 3.8) is 0 Å². The Hall–Kier alpha value is -1.46. The summed E-state index contributed by atoms with van der Waals surface area (Å²) in [4.78, 5) is 14.1. The summed E-state index contributed by atoms with van der Waals surface area (Å²) in [5.74, 6) is -1.15. The van der Waals surface area contributed by atoms with Crippen LogP contribution in [-0.4, -0.2) is 49.8 Å². The lowest BCUT2D eigenvalue weighted by Gasteiger charge is -2.28. The van der Waals surface area contributed by atoms with Crippen LogP contribution in [-0.2, 0) is 9.47 Å². The number of rotatable bonds is 4. The van der Waals surface area contributed by atoms with Gasteiger partial charge in [0.15, 0.2) is 0 Å². The topological polar surface area (TPSA) is 38.8 Å². The number of nitrogens with zero attached hydrogens (tertiary/aromatic N) is 1. The average molecular weight is 281 g/mol. The van der Waals surface area contributed by atoms with E-state index in [0.717, 1.165) is 18.7 Å². The van der Waals surface area contributed by atoms with Crippen LogP contribution < -0.4 is 0 Å². The van der Waals surface area contributed by atoms with E-state index in [0.29, 0.717) is 19.8 Å². The minimum Gasteiger partial charge on any atom is -0.458 e. The third-order valence-electron chi connectivity index (χ3n) is 3.27. The zero-order valence-electron chi connectivity index (χ0n) is 11.9. The molecule has 1 aliphatic heterocycles. The Labute approximate surface area is 118 Å². The number of halogens is 1. The van der Waals surface area contributed by atoms with Gasteiger partial charge in [-0.2, -0.15) is 0 Å². The van der Waals surface area contributed by atoms with Crippen LogP contribution in [0.4, 0.5) is 4.39 Å². The number of carbonyl (C=O) groups is 1. The lowest BCUT2D eigenvalue weighted by Crippen LogP contribution is -2.41. The van der Waals surface area contributed by atoms with Crippen LogP contribution >= 0.6 is 0 Å². The second kappa shape index (κ2) is 6.81. The van der Waals surface area contributed by atoms with Crippen molar-refractivity contribution in [1.29, 1.82) is 0 Å². The molecule has 20 heavy (non-hydrogen) atoms. The summed E-state index contributed by atoms with van der Waals surface area (Å²) < 4.78 is 24.2. The van der Waals surface area contributed by atoms with Crippen LogP contribution in [0.15, 0.2) is 18.2 Å². The van der Waals surface area contributed by atoms with Gasteiger partial charge in [0.2, 0.25) is 0 Å². The van der Waals surface area contributed by atoms with Crippen LogP contribution in [0.25, 0.3) is 0 Å². The van der Waals surface area contributed by atoms with E-state index in [9.17, 15) is 9.18 Å². The first-order chi connectivity index (χ1) is 9.56. The third-order valence-corrected chi connectivity index (χ3v) is 3.27. The molecule has 2 rings (SSSR count). The fraction of sp³-hybridized carbons (Fsp3) is 0.533. The number of aryl methyl sites for hydroxylation is 1. The molecule has 0 aliphatic carbocycles. The van der Waals surface area contributed by atoms with Crippen molar-refractivity contribution in [2.45, 2.75) is 20.0 Å². The Morgan fingerprint density at radius 3 is 2.85 bits per heavy atom. The van der Waals surface area contributed by atoms with Crippen LogP contribution in [0.3, 0.4) is 0 Å². The number of esters is 1. The van der Waals surface area contributed by atoms with Gasteiger partial charge in [-0.15, -0.1) is 0 Å². The lowest BCUT2D eigenvalue weighted by atomic mass is 10.1. The summed E-state index contributed by atoms with van der Waals surface area (Å²) in [6.07, 6.45) is -0.277. The van der Waals surface area contributed by atoms with Gasteiger partial charge in [0.25, 0.3) is 0 Å². The van der Waals surface area contributed by atoms with E-state index in [4.69, 9.17) is 9.47 Å². The van der Waals surface area contributed by atoms with Crippen molar-refractivity contribution in [3.8, 4) is 0 Å². The van der Waals surface area contributed by atoms with Gasteiger partial charge in [-0.3, -0.25) is 4.90 Å². The van der Waals surface area contributed by atoms with Crippen LogP contribution in [0.2, 0.25) is 0 Å². The molecule has 0 saturated carbocycles. The second-order valence-electron chi connectivity index (χ2n) is 5.11. The van der Waals surface area contributed by atoms with E-state index >= 15 is 0 Å². The zero-order valence-corrected chi connectivity index (χ0v) is 11.9. The highest BCUT2D eigenvalue weighted by molar-refractivity contribution is 5.90. The highest BCUT2D eigenvalue weighted by atomic mass is 19.1. The van der Waals surface area contributed by atoms with Gasteiger partial charge in [-0.25, -0.2) is 9.18 Å². The fourth-order valence-electron chi connectivity index (χ4n) is 2.23. The van der Waals surface area contributed by atoms with E-state index < -0.39 is 11.8 Å². The molecule has 1 aromatic carbocycles. The Bertz CT molecular complexity index is 472. The van der Waals surface area contributed by atoms with Crippen molar-refractivity contribution >= 4 is 5.97 Å². The predicted octanol–water partition coefficient (Wildman–Crippen LogP) is 2.01. The highest BCUT2D eigenvalue weighted by Gasteiger charge is 2.19. The maximum Gasteiger partial charge on any atom is 0.341 e. The van der Waals surface area contributed by atoms with Gasteiger partial charge < -0.3 is 9.47 Å². The number of carbonyl (C=O) groups excluding carboxylic acids is 1. The summed E-state index contributed by atoms with van der Waals surface area (Å²) in [5, 5.41) is 0. The minimum absolute atomic E-state index is 0.00109. The Balaban J connectivity index is 1.91. The molecule has 0 aromatic heterocycles. The molecule has 1 heterocycles. The van der Waals surface area contributed by atoms with Gasteiger partial charge in [0.05, 0.1) is 18.8 Å². The van der Waals surface area contributed by atoms with E-state index in [2.05, 4.69) is 4.90 Å². The van der Waals surface area contributed by atoms with Crippen LogP contribution in [0.1, 0.15) is 22.8 Å². The summed E-state index contributed by atoms with van der Waals surface area (Å²) in [6.45, 7) is 7.35. The van der Waals surface area contributed by atoms with Gasteiger partial charge in [-0.05, 0) is 26.0 Å². The van der Waals surface area contributed by atoms with E-state index in [1.807, 2.05) is 13.8 Å². The molecule has 0 N–H and O–H groups in total. The smallest absolute Gasteiger partial charge is 0.341 e. The van der Waals surface area contributed by atoms with Gasteiger partial charge in [0, 0.05) is 19.6 Å². The maximum absolute atomic E-state index is 13.6. The van der Waals surface area contributed by atoms with Gasteiger partial charge in [0.1, 0.15) is 11.9 Å². The first kappa shape index (κ1) is 14.9. The van der Waals surface area contributed by atoms with E-state index in [1.54, 1.807) is 6.07 Å². The molecule has 1 saturated heterocycles. The summed E-state index contributed by atoms with van der Waals surface area (Å²) in [6, 6.07) is 4.43. The predicted molar refractivity (Wildman–Crippen MR) is 73.3 cm³/mol. The molecular formula is C15H20FNO3. The largest absolute Gasteiger partial charge is 0.458 e.